The second kappa shape index (κ2) is 8.67. The van der Waals surface area contributed by atoms with E-state index in [1.54, 1.807) is 0 Å². The van der Waals surface area contributed by atoms with Crippen molar-refractivity contribution in [3.63, 3.8) is 0 Å². The number of carbonyl (C=O) groups excluding carboxylic acids is 1. The quantitative estimate of drug-likeness (QED) is 0.599. The van der Waals surface area contributed by atoms with Crippen molar-refractivity contribution in [2.45, 2.75) is 18.6 Å². The van der Waals surface area contributed by atoms with Gasteiger partial charge in [0.1, 0.15) is 0 Å². The summed E-state index contributed by atoms with van der Waals surface area (Å²) < 4.78 is 1.93. The van der Waals surface area contributed by atoms with Crippen LogP contribution in [0, 0.1) is 0 Å². The van der Waals surface area contributed by atoms with Crippen LogP contribution in [-0.4, -0.2) is 37.9 Å². The fraction of sp³-hybridized carbons (Fsp3) is 0.250. The van der Waals surface area contributed by atoms with E-state index in [2.05, 4.69) is 10.2 Å². The lowest BCUT2D eigenvalue weighted by atomic mass is 10.2. The van der Waals surface area contributed by atoms with Gasteiger partial charge in [-0.05, 0) is 12.5 Å². The molecule has 0 unspecified atom stereocenters. The Balaban J connectivity index is 1.63. The average molecular weight is 366 g/mol. The topological polar surface area (TPSA) is 51.0 Å². The number of nitrogens with zero attached hydrogens (tertiary/aromatic N) is 4. The lowest BCUT2D eigenvalue weighted by Crippen LogP contribution is -2.31. The average Bonchev–Trinajstić information content (AvgIpc) is 3.06. The minimum absolute atomic E-state index is 0.102. The van der Waals surface area contributed by atoms with Gasteiger partial charge in [0.25, 0.3) is 0 Å². The molecular formula is C20H22N4OS. The number of hydrogen-bond donors (Lipinski definition) is 0. The third kappa shape index (κ3) is 4.32. The standard InChI is InChI=1S/C20H22N4OS/c1-3-24(14-16-10-6-4-7-11-16)18(25)15-26-20-22-21-19(23(20)2)17-12-8-5-9-13-17/h4-13H,3,14-15H2,1-2H3. The highest BCUT2D eigenvalue weighted by Crippen LogP contribution is 2.22. The first-order valence-electron chi connectivity index (χ1n) is 8.58. The number of benzene rings is 2. The van der Waals surface area contributed by atoms with Crippen LogP contribution in [0.25, 0.3) is 11.4 Å². The van der Waals surface area contributed by atoms with Gasteiger partial charge >= 0.3 is 0 Å². The van der Waals surface area contributed by atoms with Crippen LogP contribution in [0.5, 0.6) is 0 Å². The molecule has 0 aliphatic heterocycles. The summed E-state index contributed by atoms with van der Waals surface area (Å²) in [5.41, 5.74) is 2.15. The zero-order chi connectivity index (χ0) is 18.4. The monoisotopic (exact) mass is 366 g/mol. The number of thioether (sulfide) groups is 1. The van der Waals surface area contributed by atoms with Crippen LogP contribution in [0.3, 0.4) is 0 Å². The number of carbonyl (C=O) groups is 1. The Morgan fingerprint density at radius 3 is 2.35 bits per heavy atom. The number of hydrogen-bond acceptors (Lipinski definition) is 4. The Hall–Kier alpha value is -2.60. The first kappa shape index (κ1) is 18.2. The van der Waals surface area contributed by atoms with E-state index in [1.807, 2.05) is 84.1 Å². The molecule has 0 aliphatic rings. The van der Waals surface area contributed by atoms with E-state index in [9.17, 15) is 4.79 Å². The summed E-state index contributed by atoms with van der Waals surface area (Å²) in [7, 11) is 1.93. The fourth-order valence-corrected chi connectivity index (χ4v) is 3.49. The predicted octanol–water partition coefficient (Wildman–Crippen LogP) is 3.62. The third-order valence-corrected chi connectivity index (χ3v) is 5.15. The Kier molecular flexibility index (Phi) is 6.07. The van der Waals surface area contributed by atoms with Gasteiger partial charge in [0.05, 0.1) is 5.75 Å². The van der Waals surface area contributed by atoms with E-state index in [4.69, 9.17) is 0 Å². The molecule has 0 radical (unpaired) electrons. The Bertz CT molecular complexity index is 849. The zero-order valence-corrected chi connectivity index (χ0v) is 15.8. The van der Waals surface area contributed by atoms with Crippen LogP contribution in [0.2, 0.25) is 0 Å². The van der Waals surface area contributed by atoms with Gasteiger partial charge in [0, 0.05) is 25.7 Å². The minimum Gasteiger partial charge on any atom is -0.338 e. The first-order valence-corrected chi connectivity index (χ1v) is 9.57. The highest BCUT2D eigenvalue weighted by molar-refractivity contribution is 7.99. The molecule has 3 aromatic rings. The summed E-state index contributed by atoms with van der Waals surface area (Å²) in [5, 5.41) is 9.25. The first-order chi connectivity index (χ1) is 12.7. The molecule has 0 bridgehead atoms. The molecule has 0 spiro atoms. The van der Waals surface area contributed by atoms with E-state index in [-0.39, 0.29) is 5.91 Å². The highest BCUT2D eigenvalue weighted by Gasteiger charge is 2.16. The maximum absolute atomic E-state index is 12.6. The molecule has 1 amide bonds. The van der Waals surface area contributed by atoms with Crippen molar-refractivity contribution in [1.82, 2.24) is 19.7 Å². The van der Waals surface area contributed by atoms with Gasteiger partial charge in [-0.3, -0.25) is 4.79 Å². The maximum Gasteiger partial charge on any atom is 0.233 e. The van der Waals surface area contributed by atoms with E-state index < -0.39 is 0 Å². The SMILES string of the molecule is CCN(Cc1ccccc1)C(=O)CSc1nnc(-c2ccccc2)n1C. The summed E-state index contributed by atoms with van der Waals surface area (Å²) in [6, 6.07) is 20.0. The number of rotatable bonds is 7. The molecule has 0 N–H and O–H groups in total. The van der Waals surface area contributed by atoms with E-state index in [1.165, 1.54) is 11.8 Å². The molecule has 134 valence electrons. The van der Waals surface area contributed by atoms with Gasteiger partial charge < -0.3 is 9.47 Å². The van der Waals surface area contributed by atoms with E-state index >= 15 is 0 Å². The van der Waals surface area contributed by atoms with Crippen LogP contribution >= 0.6 is 11.8 Å². The lowest BCUT2D eigenvalue weighted by molar-refractivity contribution is -0.128. The molecule has 0 aliphatic carbocycles. The maximum atomic E-state index is 12.6. The van der Waals surface area contributed by atoms with Crippen LogP contribution in [0.15, 0.2) is 65.8 Å². The summed E-state index contributed by atoms with van der Waals surface area (Å²) >= 11 is 1.42. The summed E-state index contributed by atoms with van der Waals surface area (Å²) in [6.45, 7) is 3.31. The molecule has 1 aromatic heterocycles. The molecule has 0 atom stereocenters. The molecule has 0 fully saturated rings. The smallest absolute Gasteiger partial charge is 0.233 e. The molecule has 6 heteroatoms. The lowest BCUT2D eigenvalue weighted by Gasteiger charge is -2.20. The molecule has 5 nitrogen and oxygen atoms in total. The predicted molar refractivity (Wildman–Crippen MR) is 105 cm³/mol. The Morgan fingerprint density at radius 2 is 1.69 bits per heavy atom. The van der Waals surface area contributed by atoms with Crippen LogP contribution < -0.4 is 0 Å². The Labute approximate surface area is 158 Å². The largest absolute Gasteiger partial charge is 0.338 e. The summed E-state index contributed by atoms with van der Waals surface area (Å²) in [4.78, 5) is 14.4. The minimum atomic E-state index is 0.102. The normalized spacial score (nSPS) is 10.7. The molecule has 0 saturated carbocycles. The van der Waals surface area contributed by atoms with E-state index in [0.29, 0.717) is 18.8 Å². The van der Waals surface area contributed by atoms with Crippen LogP contribution in [0.4, 0.5) is 0 Å². The van der Waals surface area contributed by atoms with Gasteiger partial charge in [-0.1, -0.05) is 72.4 Å². The molecule has 26 heavy (non-hydrogen) atoms. The molecule has 2 aromatic carbocycles. The fourth-order valence-electron chi connectivity index (χ4n) is 2.68. The summed E-state index contributed by atoms with van der Waals surface area (Å²) in [5.74, 6) is 1.25. The molecular weight excluding hydrogens is 344 g/mol. The highest BCUT2D eigenvalue weighted by atomic mass is 32.2. The van der Waals surface area contributed by atoms with Crippen LogP contribution in [0.1, 0.15) is 12.5 Å². The number of amides is 1. The van der Waals surface area contributed by atoms with Gasteiger partial charge in [0.15, 0.2) is 11.0 Å². The molecule has 3 rings (SSSR count). The van der Waals surface area contributed by atoms with Crippen molar-refractivity contribution in [3.8, 4) is 11.4 Å². The van der Waals surface area contributed by atoms with Crippen molar-refractivity contribution in [3.05, 3.63) is 66.2 Å². The summed E-state index contributed by atoms with van der Waals surface area (Å²) in [6.07, 6.45) is 0. The van der Waals surface area contributed by atoms with Crippen molar-refractivity contribution < 1.29 is 4.79 Å². The number of aromatic nitrogens is 3. The van der Waals surface area contributed by atoms with Gasteiger partial charge in [0.2, 0.25) is 5.91 Å². The second-order valence-corrected chi connectivity index (χ2v) is 6.86. The molecule has 0 saturated heterocycles. The Morgan fingerprint density at radius 1 is 1.04 bits per heavy atom. The zero-order valence-electron chi connectivity index (χ0n) is 15.0. The van der Waals surface area contributed by atoms with Gasteiger partial charge in [-0.2, -0.15) is 0 Å². The van der Waals surface area contributed by atoms with Crippen molar-refractivity contribution in [2.24, 2.45) is 7.05 Å². The second-order valence-electron chi connectivity index (χ2n) is 5.91. The van der Waals surface area contributed by atoms with Crippen LogP contribution in [-0.2, 0) is 18.4 Å². The van der Waals surface area contributed by atoms with Crippen molar-refractivity contribution in [2.75, 3.05) is 12.3 Å². The van der Waals surface area contributed by atoms with Gasteiger partial charge in [-0.25, -0.2) is 0 Å². The molecule has 1 heterocycles. The van der Waals surface area contributed by atoms with E-state index in [0.717, 1.165) is 22.1 Å². The third-order valence-electron chi connectivity index (χ3n) is 4.14. The van der Waals surface area contributed by atoms with Gasteiger partial charge in [-0.15, -0.1) is 10.2 Å². The van der Waals surface area contributed by atoms with Crippen molar-refractivity contribution in [1.29, 1.82) is 0 Å². The van der Waals surface area contributed by atoms with Crippen molar-refractivity contribution >= 4 is 17.7 Å².